The number of nitrogens with zero attached hydrogens (tertiary/aromatic N) is 3. The zero-order valence-electron chi connectivity index (χ0n) is 26.1. The number of rotatable bonds is 5. The first-order chi connectivity index (χ1) is 23.8. The Morgan fingerprint density at radius 3 is 1.29 bits per heavy atom. The van der Waals surface area contributed by atoms with Crippen LogP contribution in [-0.2, 0) is 0 Å². The molecular formula is C45H29N3. The highest BCUT2D eigenvalue weighted by Gasteiger charge is 2.19. The Bertz CT molecular complexity index is 2540. The topological polar surface area (TPSA) is 38.7 Å². The first kappa shape index (κ1) is 27.8. The lowest BCUT2D eigenvalue weighted by Crippen LogP contribution is -1.93. The Hall–Kier alpha value is -6.45. The van der Waals surface area contributed by atoms with E-state index in [2.05, 4.69) is 142 Å². The second-order valence-corrected chi connectivity index (χ2v) is 12.1. The predicted molar refractivity (Wildman–Crippen MR) is 200 cm³/mol. The van der Waals surface area contributed by atoms with E-state index in [0.29, 0.717) is 0 Å². The number of benzene rings is 6. The summed E-state index contributed by atoms with van der Waals surface area (Å²) in [4.78, 5) is 13.0. The van der Waals surface area contributed by atoms with Crippen LogP contribution in [0.3, 0.4) is 0 Å². The van der Waals surface area contributed by atoms with Crippen LogP contribution in [0.4, 0.5) is 0 Å². The molecule has 0 saturated heterocycles. The molecule has 0 unspecified atom stereocenters. The number of pyridine rings is 3. The molecule has 0 fully saturated rings. The largest absolute Gasteiger partial charge is 0.265 e. The van der Waals surface area contributed by atoms with Crippen LogP contribution in [0, 0.1) is 0 Å². The highest BCUT2D eigenvalue weighted by molar-refractivity contribution is 6.23. The minimum atomic E-state index is 1.08. The van der Waals surface area contributed by atoms with E-state index in [0.717, 1.165) is 27.8 Å². The van der Waals surface area contributed by atoms with Gasteiger partial charge in [-0.05, 0) is 119 Å². The van der Waals surface area contributed by atoms with Gasteiger partial charge < -0.3 is 0 Å². The van der Waals surface area contributed by atoms with Crippen LogP contribution in [0.15, 0.2) is 177 Å². The van der Waals surface area contributed by atoms with Gasteiger partial charge in [0.2, 0.25) is 0 Å². The van der Waals surface area contributed by atoms with Gasteiger partial charge in [0.25, 0.3) is 0 Å². The highest BCUT2D eigenvalue weighted by Crippen LogP contribution is 2.47. The molecule has 0 saturated carbocycles. The molecule has 6 aromatic carbocycles. The molecule has 224 valence electrons. The summed E-state index contributed by atoms with van der Waals surface area (Å²) in [5, 5.41) is 7.37. The summed E-state index contributed by atoms with van der Waals surface area (Å²) in [5.41, 5.74) is 11.6. The maximum absolute atomic E-state index is 4.56. The summed E-state index contributed by atoms with van der Waals surface area (Å²) in [6.07, 6.45) is 11.2. The molecule has 9 aromatic rings. The summed E-state index contributed by atoms with van der Waals surface area (Å²) >= 11 is 0. The van der Waals surface area contributed by atoms with E-state index in [1.54, 1.807) is 0 Å². The average Bonchev–Trinajstić information content (AvgIpc) is 3.17. The maximum Gasteiger partial charge on any atom is 0.0346 e. The first-order valence-electron chi connectivity index (χ1n) is 16.2. The number of hydrogen-bond donors (Lipinski definition) is 0. The second-order valence-electron chi connectivity index (χ2n) is 12.1. The van der Waals surface area contributed by atoms with E-state index in [4.69, 9.17) is 0 Å². The standard InChI is InChI=1S/C45H29N3/c1-2-8-35-27-43(42(26-34(35)7-1)32-19-23-47-24-20-32)45-40-11-5-3-9-38(40)44(39-10-4-6-12-41(39)45)33-15-13-30(14-16-33)36-25-37(29-48-28-36)31-17-21-46-22-18-31/h1-29H. The minimum Gasteiger partial charge on any atom is -0.265 e. The van der Waals surface area contributed by atoms with Gasteiger partial charge in [-0.3, -0.25) is 15.0 Å². The third-order valence-corrected chi connectivity index (χ3v) is 9.34. The van der Waals surface area contributed by atoms with Crippen molar-refractivity contribution in [3.63, 3.8) is 0 Å². The van der Waals surface area contributed by atoms with Gasteiger partial charge in [0.05, 0.1) is 0 Å². The molecule has 0 radical (unpaired) electrons. The highest BCUT2D eigenvalue weighted by atomic mass is 14.6. The molecule has 3 heteroatoms. The molecule has 0 aliphatic rings. The van der Waals surface area contributed by atoms with Crippen molar-refractivity contribution in [1.29, 1.82) is 0 Å². The minimum absolute atomic E-state index is 1.08. The monoisotopic (exact) mass is 611 g/mol. The third-order valence-electron chi connectivity index (χ3n) is 9.34. The van der Waals surface area contributed by atoms with Crippen LogP contribution < -0.4 is 0 Å². The molecular weight excluding hydrogens is 583 g/mol. The van der Waals surface area contributed by atoms with E-state index in [9.17, 15) is 0 Å². The van der Waals surface area contributed by atoms with Crippen molar-refractivity contribution in [3.8, 4) is 55.6 Å². The lowest BCUT2D eigenvalue weighted by molar-refractivity contribution is 1.30. The lowest BCUT2D eigenvalue weighted by atomic mass is 9.83. The van der Waals surface area contributed by atoms with Gasteiger partial charge in [-0.2, -0.15) is 0 Å². The molecule has 0 amide bonds. The van der Waals surface area contributed by atoms with E-state index >= 15 is 0 Å². The van der Waals surface area contributed by atoms with Crippen LogP contribution in [0.1, 0.15) is 0 Å². The fourth-order valence-electron chi connectivity index (χ4n) is 7.08. The predicted octanol–water partition coefficient (Wildman–Crippen LogP) is 11.7. The first-order valence-corrected chi connectivity index (χ1v) is 16.2. The quantitative estimate of drug-likeness (QED) is 0.182. The Balaban J connectivity index is 1.25. The van der Waals surface area contributed by atoms with Crippen LogP contribution in [0.5, 0.6) is 0 Å². The zero-order chi connectivity index (χ0) is 31.9. The Morgan fingerprint density at radius 1 is 0.292 bits per heavy atom. The molecule has 9 rings (SSSR count). The number of hydrogen-bond acceptors (Lipinski definition) is 3. The second kappa shape index (κ2) is 11.7. The summed E-state index contributed by atoms with van der Waals surface area (Å²) in [7, 11) is 0. The summed E-state index contributed by atoms with van der Waals surface area (Å²) in [6.45, 7) is 0. The van der Waals surface area contributed by atoms with E-state index in [1.807, 2.05) is 49.3 Å². The van der Waals surface area contributed by atoms with Crippen LogP contribution >= 0.6 is 0 Å². The smallest absolute Gasteiger partial charge is 0.0346 e. The fraction of sp³-hybridized carbons (Fsp3) is 0. The van der Waals surface area contributed by atoms with Gasteiger partial charge in [-0.1, -0.05) is 97.1 Å². The van der Waals surface area contributed by atoms with Crippen molar-refractivity contribution in [2.45, 2.75) is 0 Å². The molecule has 0 atom stereocenters. The van der Waals surface area contributed by atoms with Crippen LogP contribution in [-0.4, -0.2) is 15.0 Å². The average molecular weight is 612 g/mol. The van der Waals surface area contributed by atoms with Crippen molar-refractivity contribution in [1.82, 2.24) is 15.0 Å². The van der Waals surface area contributed by atoms with Crippen LogP contribution in [0.2, 0.25) is 0 Å². The zero-order valence-corrected chi connectivity index (χ0v) is 26.1. The Kier molecular flexibility index (Phi) is 6.80. The molecule has 48 heavy (non-hydrogen) atoms. The van der Waals surface area contributed by atoms with Gasteiger partial charge in [0.1, 0.15) is 0 Å². The molecule has 0 spiro atoms. The maximum atomic E-state index is 4.56. The van der Waals surface area contributed by atoms with Gasteiger partial charge >= 0.3 is 0 Å². The molecule has 0 aliphatic heterocycles. The molecule has 3 aromatic heterocycles. The number of fused-ring (bicyclic) bond motifs is 3. The van der Waals surface area contributed by atoms with E-state index < -0.39 is 0 Å². The summed E-state index contributed by atoms with van der Waals surface area (Å²) in [5.74, 6) is 0. The molecule has 3 heterocycles. The summed E-state index contributed by atoms with van der Waals surface area (Å²) in [6, 6.07) is 50.4. The van der Waals surface area contributed by atoms with Gasteiger partial charge in [0, 0.05) is 48.3 Å². The van der Waals surface area contributed by atoms with Crippen molar-refractivity contribution >= 4 is 32.3 Å². The molecule has 0 aliphatic carbocycles. The fourth-order valence-corrected chi connectivity index (χ4v) is 7.08. The SMILES string of the molecule is c1ccc2cc(-c3c4ccccc4c(-c4ccc(-c5cncc(-c6ccncc6)c5)cc4)c4ccccc34)c(-c3ccncc3)cc2c1. The van der Waals surface area contributed by atoms with Crippen molar-refractivity contribution in [3.05, 3.63) is 177 Å². The van der Waals surface area contributed by atoms with Crippen LogP contribution in [0.25, 0.3) is 88.0 Å². The van der Waals surface area contributed by atoms with Gasteiger partial charge in [-0.15, -0.1) is 0 Å². The molecule has 3 nitrogen and oxygen atoms in total. The normalized spacial score (nSPS) is 11.3. The van der Waals surface area contributed by atoms with Crippen molar-refractivity contribution < 1.29 is 0 Å². The lowest BCUT2D eigenvalue weighted by Gasteiger charge is -2.20. The third kappa shape index (κ3) is 4.81. The van der Waals surface area contributed by atoms with E-state index in [-0.39, 0.29) is 0 Å². The molecule has 0 bridgehead atoms. The van der Waals surface area contributed by atoms with Gasteiger partial charge in [0.15, 0.2) is 0 Å². The van der Waals surface area contributed by atoms with E-state index in [1.165, 1.54) is 60.1 Å². The van der Waals surface area contributed by atoms with Crippen molar-refractivity contribution in [2.24, 2.45) is 0 Å². The Morgan fingerprint density at radius 2 is 0.729 bits per heavy atom. The van der Waals surface area contributed by atoms with Gasteiger partial charge in [-0.25, -0.2) is 0 Å². The molecule has 0 N–H and O–H groups in total. The number of aromatic nitrogens is 3. The summed E-state index contributed by atoms with van der Waals surface area (Å²) < 4.78 is 0. The Labute approximate surface area is 278 Å². The van der Waals surface area contributed by atoms with Crippen molar-refractivity contribution in [2.75, 3.05) is 0 Å².